The molecule has 1 atom stereocenters. The zero-order chi connectivity index (χ0) is 15.2. The maximum Gasteiger partial charge on any atom is 0.141 e. The van der Waals surface area contributed by atoms with Crippen LogP contribution in [0.5, 0.6) is 0 Å². The van der Waals surface area contributed by atoms with Gasteiger partial charge in [0.1, 0.15) is 16.3 Å². The number of hydrogen-bond donors (Lipinski definition) is 0. The summed E-state index contributed by atoms with van der Waals surface area (Å²) < 4.78 is 0. The Labute approximate surface area is 137 Å². The molecule has 0 bridgehead atoms. The van der Waals surface area contributed by atoms with Gasteiger partial charge in [-0.15, -0.1) is 11.3 Å². The van der Waals surface area contributed by atoms with E-state index in [9.17, 15) is 5.26 Å². The molecule has 0 amide bonds. The van der Waals surface area contributed by atoms with E-state index in [0.29, 0.717) is 5.15 Å². The van der Waals surface area contributed by atoms with Crippen LogP contribution in [0.4, 0.5) is 0 Å². The summed E-state index contributed by atoms with van der Waals surface area (Å²) in [5, 5.41) is 11.3. The van der Waals surface area contributed by atoms with E-state index in [-0.39, 0.29) is 0 Å². The van der Waals surface area contributed by atoms with E-state index in [1.165, 1.54) is 16.8 Å². The van der Waals surface area contributed by atoms with Gasteiger partial charge in [-0.05, 0) is 24.0 Å². The number of fused-ring (bicyclic) bond motifs is 3. The van der Waals surface area contributed by atoms with Gasteiger partial charge in [0.05, 0.1) is 16.9 Å². The Balaban J connectivity index is 1.86. The van der Waals surface area contributed by atoms with E-state index in [1.807, 2.05) is 30.3 Å². The van der Waals surface area contributed by atoms with Crippen LogP contribution >= 0.6 is 22.9 Å². The first-order valence-corrected chi connectivity index (χ1v) is 8.30. The minimum atomic E-state index is -0.449. The van der Waals surface area contributed by atoms with Gasteiger partial charge >= 0.3 is 0 Å². The Hall–Kier alpha value is -1.96. The number of aromatic nitrogens is 2. The number of aryl methyl sites for hydroxylation is 1. The van der Waals surface area contributed by atoms with Crippen LogP contribution in [0, 0.1) is 11.3 Å². The quantitative estimate of drug-likeness (QED) is 0.627. The molecule has 0 aliphatic heterocycles. The Morgan fingerprint density at radius 2 is 2.05 bits per heavy atom. The lowest BCUT2D eigenvalue weighted by Crippen LogP contribution is -2.31. The van der Waals surface area contributed by atoms with Gasteiger partial charge in [0, 0.05) is 11.3 Å². The lowest BCUT2D eigenvalue weighted by Gasteiger charge is -2.31. The average Bonchev–Trinajstić information content (AvgIpc) is 2.94. The highest BCUT2D eigenvalue weighted by atomic mass is 35.5. The van der Waals surface area contributed by atoms with Crippen LogP contribution in [-0.4, -0.2) is 9.97 Å². The number of nitrogens with zero attached hydrogens (tertiary/aromatic N) is 3. The summed E-state index contributed by atoms with van der Waals surface area (Å²) in [6.45, 7) is 0. The van der Waals surface area contributed by atoms with E-state index in [2.05, 4.69) is 16.0 Å². The molecule has 5 heteroatoms. The van der Waals surface area contributed by atoms with Gasteiger partial charge in [0.2, 0.25) is 0 Å². The van der Waals surface area contributed by atoms with Crippen molar-refractivity contribution >= 4 is 33.2 Å². The minimum absolute atomic E-state index is 0.449. The highest BCUT2D eigenvalue weighted by molar-refractivity contribution is 7.19. The van der Waals surface area contributed by atoms with Gasteiger partial charge in [-0.1, -0.05) is 41.9 Å². The van der Waals surface area contributed by atoms with Gasteiger partial charge < -0.3 is 0 Å². The molecule has 0 saturated carbocycles. The van der Waals surface area contributed by atoms with E-state index >= 15 is 0 Å². The molecule has 108 valence electrons. The summed E-state index contributed by atoms with van der Waals surface area (Å²) >= 11 is 7.89. The fourth-order valence-electron chi connectivity index (χ4n) is 3.27. The van der Waals surface area contributed by atoms with Crippen molar-refractivity contribution in [2.24, 2.45) is 0 Å². The third-order valence-corrected chi connectivity index (χ3v) is 5.86. The van der Waals surface area contributed by atoms with Crippen LogP contribution in [0.1, 0.15) is 22.4 Å². The van der Waals surface area contributed by atoms with Crippen LogP contribution in [0.25, 0.3) is 10.2 Å². The number of thiophene rings is 1. The molecule has 0 saturated heterocycles. The Kier molecular flexibility index (Phi) is 3.14. The zero-order valence-electron chi connectivity index (χ0n) is 11.7. The minimum Gasteiger partial charge on any atom is -0.225 e. The Morgan fingerprint density at radius 1 is 1.23 bits per heavy atom. The molecule has 2 aromatic heterocycles. The highest BCUT2D eigenvalue weighted by Gasteiger charge is 2.38. The van der Waals surface area contributed by atoms with Crippen molar-refractivity contribution < 1.29 is 0 Å². The monoisotopic (exact) mass is 325 g/mol. The lowest BCUT2D eigenvalue weighted by molar-refractivity contribution is 0.480. The van der Waals surface area contributed by atoms with Crippen LogP contribution in [-0.2, 0) is 18.3 Å². The second-order valence-corrected chi connectivity index (χ2v) is 7.03. The fourth-order valence-corrected chi connectivity index (χ4v) is 4.87. The van der Waals surface area contributed by atoms with Gasteiger partial charge in [-0.3, -0.25) is 0 Å². The number of rotatable bonds is 1. The molecule has 3 aromatic rings. The molecule has 2 heterocycles. The maximum atomic E-state index is 9.85. The van der Waals surface area contributed by atoms with Crippen molar-refractivity contribution in [1.82, 2.24) is 9.97 Å². The van der Waals surface area contributed by atoms with Crippen LogP contribution in [0.3, 0.4) is 0 Å². The summed E-state index contributed by atoms with van der Waals surface area (Å²) in [6, 6.07) is 12.6. The maximum absolute atomic E-state index is 9.85. The third kappa shape index (κ3) is 1.93. The predicted octanol–water partition coefficient (Wildman–Crippen LogP) is 4.29. The topological polar surface area (TPSA) is 49.6 Å². The van der Waals surface area contributed by atoms with Crippen molar-refractivity contribution in [1.29, 1.82) is 5.26 Å². The standard InChI is InChI=1S/C17H12ClN3S/c18-15-14-12-6-7-17(9-19,11-4-2-1-3-5-11)8-13(12)22-16(14)21-10-20-15/h1-5,10H,6-8H2. The molecule has 3 nitrogen and oxygen atoms in total. The van der Waals surface area contributed by atoms with Gasteiger partial charge in [0.25, 0.3) is 0 Å². The molecule has 0 radical (unpaired) electrons. The summed E-state index contributed by atoms with van der Waals surface area (Å²) in [5.74, 6) is 0. The van der Waals surface area contributed by atoms with Crippen molar-refractivity contribution in [2.45, 2.75) is 24.7 Å². The fraction of sp³-hybridized carbons (Fsp3) is 0.235. The third-order valence-electron chi connectivity index (χ3n) is 4.43. The first-order chi connectivity index (χ1) is 10.7. The predicted molar refractivity (Wildman–Crippen MR) is 88.2 cm³/mol. The molecule has 0 N–H and O–H groups in total. The second kappa shape index (κ2) is 5.05. The number of benzene rings is 1. The largest absolute Gasteiger partial charge is 0.225 e. The molecule has 1 aromatic carbocycles. The Bertz CT molecular complexity index is 897. The average molecular weight is 326 g/mol. The second-order valence-electron chi connectivity index (χ2n) is 5.59. The van der Waals surface area contributed by atoms with Crippen LogP contribution in [0.2, 0.25) is 5.15 Å². The molecule has 1 aliphatic carbocycles. The van der Waals surface area contributed by atoms with Crippen molar-refractivity contribution in [3.05, 3.63) is 57.8 Å². The molecular formula is C17H12ClN3S. The first kappa shape index (κ1) is 13.7. The van der Waals surface area contributed by atoms with Gasteiger partial charge in [-0.25, -0.2) is 9.97 Å². The highest BCUT2D eigenvalue weighted by Crippen LogP contribution is 2.45. The van der Waals surface area contributed by atoms with E-state index in [1.54, 1.807) is 11.3 Å². The Morgan fingerprint density at radius 3 is 2.82 bits per heavy atom. The van der Waals surface area contributed by atoms with Crippen LogP contribution < -0.4 is 0 Å². The van der Waals surface area contributed by atoms with E-state index in [4.69, 9.17) is 11.6 Å². The van der Waals surface area contributed by atoms with E-state index in [0.717, 1.165) is 35.0 Å². The SMILES string of the molecule is N#CC1(c2ccccc2)CCc2c(sc3ncnc(Cl)c23)C1. The van der Waals surface area contributed by atoms with Crippen LogP contribution in [0.15, 0.2) is 36.7 Å². The molecule has 0 fully saturated rings. The summed E-state index contributed by atoms with van der Waals surface area (Å²) in [5.41, 5.74) is 1.87. The molecule has 1 unspecified atom stereocenters. The molecule has 22 heavy (non-hydrogen) atoms. The van der Waals surface area contributed by atoms with E-state index < -0.39 is 5.41 Å². The van der Waals surface area contributed by atoms with Crippen molar-refractivity contribution in [2.75, 3.05) is 0 Å². The number of hydrogen-bond acceptors (Lipinski definition) is 4. The molecule has 0 spiro atoms. The first-order valence-electron chi connectivity index (χ1n) is 7.11. The van der Waals surface area contributed by atoms with Crippen molar-refractivity contribution in [3.63, 3.8) is 0 Å². The summed E-state index contributed by atoms with van der Waals surface area (Å²) in [6.07, 6.45) is 3.87. The molecule has 1 aliphatic rings. The zero-order valence-corrected chi connectivity index (χ0v) is 13.3. The van der Waals surface area contributed by atoms with Crippen molar-refractivity contribution in [3.8, 4) is 6.07 Å². The smallest absolute Gasteiger partial charge is 0.141 e. The van der Waals surface area contributed by atoms with Gasteiger partial charge in [-0.2, -0.15) is 5.26 Å². The molecular weight excluding hydrogens is 314 g/mol. The van der Waals surface area contributed by atoms with Gasteiger partial charge in [0.15, 0.2) is 0 Å². The number of nitriles is 1. The summed E-state index contributed by atoms with van der Waals surface area (Å²) in [7, 11) is 0. The molecule has 4 rings (SSSR count). The summed E-state index contributed by atoms with van der Waals surface area (Å²) in [4.78, 5) is 10.6. The number of halogens is 1. The normalized spacial score (nSPS) is 20.5. The lowest BCUT2D eigenvalue weighted by atomic mass is 9.70.